The van der Waals surface area contributed by atoms with E-state index in [4.69, 9.17) is 10.5 Å². The normalized spacial score (nSPS) is 15.4. The third kappa shape index (κ3) is 4.79. The molecule has 1 aliphatic heterocycles. The number of aromatic amines is 1. The van der Waals surface area contributed by atoms with Gasteiger partial charge in [-0.15, -0.1) is 0 Å². The summed E-state index contributed by atoms with van der Waals surface area (Å²) in [6.07, 6.45) is 5.98. The van der Waals surface area contributed by atoms with Gasteiger partial charge in [-0.2, -0.15) is 0 Å². The number of nitrogens with two attached hydrogens (primary N) is 1. The first-order valence-corrected chi connectivity index (χ1v) is 9.03. The van der Waals surface area contributed by atoms with Gasteiger partial charge in [0.1, 0.15) is 17.9 Å². The second-order valence-electron chi connectivity index (χ2n) is 7.32. The van der Waals surface area contributed by atoms with Crippen LogP contribution in [0.15, 0.2) is 24.5 Å². The quantitative estimate of drug-likeness (QED) is 0.762. The number of carbonyl (C=O) groups excluding carboxylic acids is 2. The minimum atomic E-state index is -1.55. The molecular weight excluding hydrogens is 365 g/mol. The van der Waals surface area contributed by atoms with Crippen LogP contribution in [0.25, 0.3) is 17.1 Å². The fourth-order valence-corrected chi connectivity index (χ4v) is 2.97. The van der Waals surface area contributed by atoms with Gasteiger partial charge in [-0.05, 0) is 26.0 Å². The largest absolute Gasteiger partial charge is 0.446 e. The minimum Gasteiger partial charge on any atom is -0.446 e. The van der Waals surface area contributed by atoms with Crippen LogP contribution in [0.4, 0.5) is 14.9 Å². The molecular formula is C19H24FN5O3. The maximum atomic E-state index is 13.5. The van der Waals surface area contributed by atoms with Gasteiger partial charge in [0.15, 0.2) is 0 Å². The highest BCUT2D eigenvalue weighted by molar-refractivity contribution is 5.95. The number of aromatic nitrogens is 2. The Labute approximate surface area is 162 Å². The molecule has 0 aromatic carbocycles. The van der Waals surface area contributed by atoms with Crippen LogP contribution in [0.2, 0.25) is 0 Å². The Bertz CT molecular complexity index is 895. The Balaban J connectivity index is 1.65. The fourth-order valence-electron chi connectivity index (χ4n) is 2.97. The Morgan fingerprint density at radius 3 is 2.71 bits per heavy atom. The third-order valence-electron chi connectivity index (χ3n) is 4.42. The number of halogens is 1. The van der Waals surface area contributed by atoms with Crippen LogP contribution in [0, 0.1) is 0 Å². The van der Waals surface area contributed by atoms with Crippen molar-refractivity contribution in [3.05, 3.63) is 30.1 Å². The predicted octanol–water partition coefficient (Wildman–Crippen LogP) is 2.07. The Morgan fingerprint density at radius 1 is 1.36 bits per heavy atom. The number of primary amides is 1. The van der Waals surface area contributed by atoms with Crippen molar-refractivity contribution < 1.29 is 18.7 Å². The van der Waals surface area contributed by atoms with Crippen molar-refractivity contribution in [1.29, 1.82) is 0 Å². The summed E-state index contributed by atoms with van der Waals surface area (Å²) in [5.41, 5.74) is 6.06. The molecule has 0 unspecified atom stereocenters. The summed E-state index contributed by atoms with van der Waals surface area (Å²) in [6, 6.07) is 1.99. The maximum Gasteiger partial charge on any atom is 0.409 e. The first-order valence-electron chi connectivity index (χ1n) is 9.03. The molecule has 0 spiro atoms. The van der Waals surface area contributed by atoms with E-state index in [2.05, 4.69) is 14.9 Å². The smallest absolute Gasteiger partial charge is 0.409 e. The number of anilines is 1. The van der Waals surface area contributed by atoms with Gasteiger partial charge in [0.2, 0.25) is 5.91 Å². The highest BCUT2D eigenvalue weighted by atomic mass is 19.1. The molecule has 2 amide bonds. The van der Waals surface area contributed by atoms with E-state index in [1.807, 2.05) is 6.07 Å². The number of pyridine rings is 1. The average Bonchev–Trinajstić information content (AvgIpc) is 3.06. The average molecular weight is 389 g/mol. The van der Waals surface area contributed by atoms with Crippen LogP contribution in [0.3, 0.4) is 0 Å². The van der Waals surface area contributed by atoms with Gasteiger partial charge in [0.05, 0.1) is 11.9 Å². The minimum absolute atomic E-state index is 0.262. The summed E-state index contributed by atoms with van der Waals surface area (Å²) < 4.78 is 18.5. The van der Waals surface area contributed by atoms with E-state index in [1.165, 1.54) is 19.9 Å². The first kappa shape index (κ1) is 19.7. The Morgan fingerprint density at radius 2 is 2.07 bits per heavy atom. The van der Waals surface area contributed by atoms with Crippen molar-refractivity contribution in [2.24, 2.45) is 5.73 Å². The van der Waals surface area contributed by atoms with Crippen molar-refractivity contribution >= 4 is 34.8 Å². The van der Waals surface area contributed by atoms with Crippen LogP contribution in [-0.4, -0.2) is 65.3 Å². The molecule has 9 heteroatoms. The van der Waals surface area contributed by atoms with E-state index in [1.54, 1.807) is 23.4 Å². The van der Waals surface area contributed by atoms with Crippen molar-refractivity contribution in [2.75, 3.05) is 37.7 Å². The van der Waals surface area contributed by atoms with Crippen molar-refractivity contribution in [1.82, 2.24) is 14.9 Å². The number of ether oxygens (including phenoxy) is 1. The summed E-state index contributed by atoms with van der Waals surface area (Å²) >= 11 is 0. The lowest BCUT2D eigenvalue weighted by molar-refractivity contribution is -0.113. The zero-order valence-electron chi connectivity index (χ0n) is 15.9. The molecule has 2 aromatic rings. The molecule has 0 aliphatic carbocycles. The number of rotatable bonds is 5. The molecule has 0 bridgehead atoms. The highest BCUT2D eigenvalue weighted by Crippen LogP contribution is 2.24. The van der Waals surface area contributed by atoms with Gasteiger partial charge in [-0.1, -0.05) is 0 Å². The number of carbonyl (C=O) groups is 2. The molecule has 8 nitrogen and oxygen atoms in total. The van der Waals surface area contributed by atoms with Crippen LogP contribution in [0.1, 0.15) is 19.4 Å². The van der Waals surface area contributed by atoms with Crippen LogP contribution in [-0.2, 0) is 9.53 Å². The molecule has 150 valence electrons. The molecule has 1 saturated heterocycles. The lowest BCUT2D eigenvalue weighted by Gasteiger charge is -2.35. The SMILES string of the molecule is CC(C)(F)COC(=O)N1CCN(c2cnc3[nH]cc(C=CC(N)=O)c3c2)CC1. The number of fused-ring (bicyclic) bond motifs is 1. The monoisotopic (exact) mass is 389 g/mol. The van der Waals surface area contributed by atoms with E-state index < -0.39 is 17.7 Å². The fraction of sp³-hybridized carbons (Fsp3) is 0.421. The molecule has 0 saturated carbocycles. The molecule has 28 heavy (non-hydrogen) atoms. The summed E-state index contributed by atoms with van der Waals surface area (Å²) in [7, 11) is 0. The van der Waals surface area contributed by atoms with Crippen LogP contribution in [0.5, 0.6) is 0 Å². The number of hydrogen-bond donors (Lipinski definition) is 2. The van der Waals surface area contributed by atoms with Gasteiger partial charge in [0, 0.05) is 49.4 Å². The van der Waals surface area contributed by atoms with E-state index in [0.717, 1.165) is 16.6 Å². The van der Waals surface area contributed by atoms with Gasteiger partial charge in [-0.25, -0.2) is 14.2 Å². The zero-order chi connectivity index (χ0) is 20.3. The second-order valence-corrected chi connectivity index (χ2v) is 7.32. The number of alkyl halides is 1. The summed E-state index contributed by atoms with van der Waals surface area (Å²) in [4.78, 5) is 34.2. The highest BCUT2D eigenvalue weighted by Gasteiger charge is 2.25. The third-order valence-corrected chi connectivity index (χ3v) is 4.42. The van der Waals surface area contributed by atoms with Crippen LogP contribution < -0.4 is 10.6 Å². The molecule has 3 rings (SSSR count). The van der Waals surface area contributed by atoms with E-state index >= 15 is 0 Å². The Kier molecular flexibility index (Phi) is 5.53. The summed E-state index contributed by atoms with van der Waals surface area (Å²) in [6.45, 7) is 4.65. The summed E-state index contributed by atoms with van der Waals surface area (Å²) in [5, 5.41) is 0.877. The number of nitrogens with one attached hydrogen (secondary N) is 1. The van der Waals surface area contributed by atoms with Crippen molar-refractivity contribution in [2.45, 2.75) is 19.5 Å². The van der Waals surface area contributed by atoms with Gasteiger partial charge < -0.3 is 25.3 Å². The lowest BCUT2D eigenvalue weighted by Crippen LogP contribution is -2.49. The number of nitrogens with zero attached hydrogens (tertiary/aromatic N) is 3. The second kappa shape index (κ2) is 7.87. The van der Waals surface area contributed by atoms with E-state index in [9.17, 15) is 14.0 Å². The number of piperazine rings is 1. The molecule has 0 radical (unpaired) electrons. The van der Waals surface area contributed by atoms with Crippen molar-refractivity contribution in [3.63, 3.8) is 0 Å². The standard InChI is InChI=1S/C19H24FN5O3/c1-19(2,20)12-28-18(27)25-7-5-24(6-8-25)14-9-15-13(3-4-16(21)26)10-22-17(15)23-11-14/h3-4,9-11H,5-8,12H2,1-2H3,(H2,21,26)(H,22,23). The molecule has 1 aliphatic rings. The van der Waals surface area contributed by atoms with Gasteiger partial charge in [-0.3, -0.25) is 4.79 Å². The maximum absolute atomic E-state index is 13.5. The molecule has 2 aromatic heterocycles. The molecule has 3 heterocycles. The van der Waals surface area contributed by atoms with E-state index in [0.29, 0.717) is 31.8 Å². The molecule has 3 N–H and O–H groups in total. The predicted molar refractivity (Wildman–Crippen MR) is 105 cm³/mol. The number of H-pyrrole nitrogens is 1. The zero-order valence-corrected chi connectivity index (χ0v) is 15.9. The van der Waals surface area contributed by atoms with Crippen LogP contribution >= 0.6 is 0 Å². The lowest BCUT2D eigenvalue weighted by atomic mass is 10.2. The topological polar surface area (TPSA) is 105 Å². The van der Waals surface area contributed by atoms with Gasteiger partial charge >= 0.3 is 6.09 Å². The molecule has 1 fully saturated rings. The first-order chi connectivity index (χ1) is 13.2. The number of hydrogen-bond acceptors (Lipinski definition) is 5. The summed E-state index contributed by atoms with van der Waals surface area (Å²) in [5.74, 6) is -0.516. The number of amides is 2. The Hall–Kier alpha value is -3.10. The molecule has 0 atom stereocenters. The van der Waals surface area contributed by atoms with Gasteiger partial charge in [0.25, 0.3) is 0 Å². The van der Waals surface area contributed by atoms with Crippen molar-refractivity contribution in [3.8, 4) is 0 Å². The van der Waals surface area contributed by atoms with E-state index in [-0.39, 0.29) is 6.61 Å².